The normalized spacial score (nSPS) is 11.3. The summed E-state index contributed by atoms with van der Waals surface area (Å²) in [4.78, 5) is 6.20. The lowest BCUT2D eigenvalue weighted by molar-refractivity contribution is 0.553. The molecule has 2 rings (SSSR count). The fourth-order valence-electron chi connectivity index (χ4n) is 2.18. The van der Waals surface area contributed by atoms with Crippen LogP contribution in [0, 0.1) is 5.92 Å². The second kappa shape index (κ2) is 8.06. The van der Waals surface area contributed by atoms with Crippen LogP contribution in [-0.4, -0.2) is 11.5 Å². The number of halogens is 1. The van der Waals surface area contributed by atoms with Crippen LogP contribution in [0.25, 0.3) is 0 Å². The summed E-state index contributed by atoms with van der Waals surface area (Å²) in [5, 5.41) is 4.74. The largest absolute Gasteiger partial charge is 0.312 e. The highest BCUT2D eigenvalue weighted by atomic mass is 79.9. The first-order valence-electron chi connectivity index (χ1n) is 7.51. The van der Waals surface area contributed by atoms with E-state index in [-0.39, 0.29) is 0 Å². The lowest BCUT2D eigenvalue weighted by Crippen LogP contribution is -2.18. The Morgan fingerprint density at radius 1 is 1.24 bits per heavy atom. The zero-order valence-electron chi connectivity index (χ0n) is 12.9. The fraction of sp³-hybridized carbons (Fsp3) is 0.471. The Kier molecular flexibility index (Phi) is 6.40. The smallest absolute Gasteiger partial charge is 0.0975 e. The van der Waals surface area contributed by atoms with E-state index in [1.807, 2.05) is 11.3 Å². The minimum Gasteiger partial charge on any atom is -0.312 e. The van der Waals surface area contributed by atoms with Crippen molar-refractivity contribution in [2.75, 3.05) is 6.54 Å². The van der Waals surface area contributed by atoms with E-state index < -0.39 is 0 Å². The van der Waals surface area contributed by atoms with Crippen LogP contribution in [0.2, 0.25) is 0 Å². The molecule has 0 aliphatic rings. The SMILES string of the molecule is CCc1nc(Cc2ccc(Br)cc2)sc1CNCC(C)C. The maximum absolute atomic E-state index is 4.81. The minimum absolute atomic E-state index is 0.685. The van der Waals surface area contributed by atoms with Crippen molar-refractivity contribution in [1.29, 1.82) is 0 Å². The maximum Gasteiger partial charge on any atom is 0.0975 e. The summed E-state index contributed by atoms with van der Waals surface area (Å²) in [6.07, 6.45) is 1.94. The van der Waals surface area contributed by atoms with Crippen LogP contribution in [0.15, 0.2) is 28.7 Å². The van der Waals surface area contributed by atoms with E-state index >= 15 is 0 Å². The molecule has 0 spiro atoms. The zero-order chi connectivity index (χ0) is 15.2. The van der Waals surface area contributed by atoms with Crippen molar-refractivity contribution < 1.29 is 0 Å². The standard InChI is InChI=1S/C17H23BrN2S/c1-4-15-16(11-19-10-12(2)3)21-17(20-15)9-13-5-7-14(18)8-6-13/h5-8,12,19H,4,9-11H2,1-3H3. The number of hydrogen-bond acceptors (Lipinski definition) is 3. The highest BCUT2D eigenvalue weighted by Crippen LogP contribution is 2.22. The summed E-state index contributed by atoms with van der Waals surface area (Å²) in [5.74, 6) is 0.685. The van der Waals surface area contributed by atoms with Crippen LogP contribution in [0.1, 0.15) is 41.9 Å². The third kappa shape index (κ3) is 5.20. The molecule has 0 saturated heterocycles. The van der Waals surface area contributed by atoms with E-state index in [2.05, 4.69) is 66.3 Å². The number of nitrogens with zero attached hydrogens (tertiary/aromatic N) is 1. The highest BCUT2D eigenvalue weighted by molar-refractivity contribution is 9.10. The van der Waals surface area contributed by atoms with E-state index in [1.54, 1.807) is 0 Å². The van der Waals surface area contributed by atoms with Gasteiger partial charge in [-0.15, -0.1) is 11.3 Å². The molecule has 1 N–H and O–H groups in total. The van der Waals surface area contributed by atoms with Crippen LogP contribution in [-0.2, 0) is 19.4 Å². The minimum atomic E-state index is 0.685. The predicted octanol–water partition coefficient (Wildman–Crippen LogP) is 4.80. The van der Waals surface area contributed by atoms with Crippen molar-refractivity contribution >= 4 is 27.3 Å². The Morgan fingerprint density at radius 3 is 2.57 bits per heavy atom. The molecule has 0 unspecified atom stereocenters. The van der Waals surface area contributed by atoms with E-state index in [9.17, 15) is 0 Å². The first kappa shape index (κ1) is 16.7. The summed E-state index contributed by atoms with van der Waals surface area (Å²) >= 11 is 5.33. The topological polar surface area (TPSA) is 24.9 Å². The van der Waals surface area contributed by atoms with Crippen LogP contribution < -0.4 is 5.32 Å². The molecule has 0 amide bonds. The Labute approximate surface area is 140 Å². The van der Waals surface area contributed by atoms with Crippen molar-refractivity contribution in [2.45, 2.75) is 40.2 Å². The fourth-order valence-corrected chi connectivity index (χ4v) is 3.60. The number of hydrogen-bond donors (Lipinski definition) is 1. The Hall–Kier alpha value is -0.710. The molecule has 2 aromatic rings. The Bertz CT molecular complexity index is 561. The molecule has 0 radical (unpaired) electrons. The van der Waals surface area contributed by atoms with Gasteiger partial charge in [-0.2, -0.15) is 0 Å². The third-order valence-electron chi connectivity index (χ3n) is 3.26. The van der Waals surface area contributed by atoms with Crippen molar-refractivity contribution in [3.63, 3.8) is 0 Å². The number of aryl methyl sites for hydroxylation is 1. The molecule has 21 heavy (non-hydrogen) atoms. The van der Waals surface area contributed by atoms with Gasteiger partial charge in [0.05, 0.1) is 10.7 Å². The average Bonchev–Trinajstić information content (AvgIpc) is 2.83. The van der Waals surface area contributed by atoms with Gasteiger partial charge < -0.3 is 5.32 Å². The lowest BCUT2D eigenvalue weighted by atomic mass is 10.2. The molecule has 1 heterocycles. The van der Waals surface area contributed by atoms with E-state index in [1.165, 1.54) is 21.1 Å². The molecule has 0 aliphatic heterocycles. The van der Waals surface area contributed by atoms with Gasteiger partial charge in [-0.25, -0.2) is 4.98 Å². The van der Waals surface area contributed by atoms with Crippen LogP contribution >= 0.6 is 27.3 Å². The molecule has 0 aliphatic carbocycles. The molecular formula is C17H23BrN2S. The summed E-state index contributed by atoms with van der Waals surface area (Å²) in [5.41, 5.74) is 2.57. The first-order valence-corrected chi connectivity index (χ1v) is 9.12. The monoisotopic (exact) mass is 366 g/mol. The van der Waals surface area contributed by atoms with Gasteiger partial charge in [0.15, 0.2) is 0 Å². The van der Waals surface area contributed by atoms with Crippen LogP contribution in [0.5, 0.6) is 0 Å². The van der Waals surface area contributed by atoms with Gasteiger partial charge in [-0.3, -0.25) is 0 Å². The van der Waals surface area contributed by atoms with E-state index in [0.717, 1.165) is 30.4 Å². The van der Waals surface area contributed by atoms with Crippen LogP contribution in [0.4, 0.5) is 0 Å². The second-order valence-corrected chi connectivity index (χ2v) is 7.74. The second-order valence-electron chi connectivity index (χ2n) is 5.66. The Balaban J connectivity index is 2.03. The predicted molar refractivity (Wildman–Crippen MR) is 95.0 cm³/mol. The first-order chi connectivity index (χ1) is 10.1. The molecule has 1 aromatic heterocycles. The summed E-state index contributed by atoms with van der Waals surface area (Å²) in [7, 11) is 0. The summed E-state index contributed by atoms with van der Waals surface area (Å²) in [6.45, 7) is 8.66. The molecule has 4 heteroatoms. The average molecular weight is 367 g/mol. The highest BCUT2D eigenvalue weighted by Gasteiger charge is 2.10. The molecular weight excluding hydrogens is 344 g/mol. The van der Waals surface area contributed by atoms with Crippen molar-refractivity contribution in [2.24, 2.45) is 5.92 Å². The lowest BCUT2D eigenvalue weighted by Gasteiger charge is -2.06. The van der Waals surface area contributed by atoms with Gasteiger partial charge >= 0.3 is 0 Å². The third-order valence-corrected chi connectivity index (χ3v) is 4.89. The quantitative estimate of drug-likeness (QED) is 0.760. The molecule has 0 bridgehead atoms. The van der Waals surface area contributed by atoms with Crippen LogP contribution in [0.3, 0.4) is 0 Å². The van der Waals surface area contributed by atoms with Gasteiger partial charge in [-0.05, 0) is 36.6 Å². The zero-order valence-corrected chi connectivity index (χ0v) is 15.4. The number of benzene rings is 1. The van der Waals surface area contributed by atoms with Gasteiger partial charge in [0, 0.05) is 22.3 Å². The van der Waals surface area contributed by atoms with Gasteiger partial charge in [0.1, 0.15) is 0 Å². The number of aromatic nitrogens is 1. The molecule has 0 atom stereocenters. The molecule has 114 valence electrons. The molecule has 2 nitrogen and oxygen atoms in total. The van der Waals surface area contributed by atoms with Crippen molar-refractivity contribution in [3.05, 3.63) is 49.9 Å². The van der Waals surface area contributed by atoms with E-state index in [4.69, 9.17) is 4.98 Å². The molecule has 1 aromatic carbocycles. The van der Waals surface area contributed by atoms with E-state index in [0.29, 0.717) is 5.92 Å². The Morgan fingerprint density at radius 2 is 1.95 bits per heavy atom. The van der Waals surface area contributed by atoms with Gasteiger partial charge in [0.25, 0.3) is 0 Å². The molecule has 0 saturated carbocycles. The summed E-state index contributed by atoms with van der Waals surface area (Å²) < 4.78 is 1.12. The molecule has 0 fully saturated rings. The van der Waals surface area contributed by atoms with Crippen molar-refractivity contribution in [1.82, 2.24) is 10.3 Å². The van der Waals surface area contributed by atoms with Gasteiger partial charge in [-0.1, -0.05) is 48.8 Å². The maximum atomic E-state index is 4.81. The number of rotatable bonds is 7. The number of nitrogens with one attached hydrogen (secondary N) is 1. The summed E-state index contributed by atoms with van der Waals surface area (Å²) in [6, 6.07) is 8.51. The van der Waals surface area contributed by atoms with Gasteiger partial charge in [0.2, 0.25) is 0 Å². The number of thiazole rings is 1. The van der Waals surface area contributed by atoms with Crippen molar-refractivity contribution in [3.8, 4) is 0 Å².